The zero-order chi connectivity index (χ0) is 11.3. The summed E-state index contributed by atoms with van der Waals surface area (Å²) in [6.07, 6.45) is 0.648. The Labute approximate surface area is 102 Å². The lowest BCUT2D eigenvalue weighted by Gasteiger charge is -2.37. The Bertz CT molecular complexity index is 208. The Balaban J connectivity index is 0.00000225. The minimum atomic E-state index is -0.729. The molecule has 1 fully saturated rings. The summed E-state index contributed by atoms with van der Waals surface area (Å²) in [5, 5.41) is 17.8. The van der Waals surface area contributed by atoms with Gasteiger partial charge in [-0.15, -0.1) is 12.4 Å². The third kappa shape index (κ3) is 4.25. The molecule has 1 unspecified atom stereocenters. The molecule has 5 nitrogen and oxygen atoms in total. The number of halogens is 1. The second kappa shape index (κ2) is 7.84. The van der Waals surface area contributed by atoms with Gasteiger partial charge in [-0.05, 0) is 6.42 Å². The number of nitrogens with zero attached hydrogens (tertiary/aromatic N) is 2. The van der Waals surface area contributed by atoms with Crippen LogP contribution in [0.25, 0.3) is 0 Å². The number of aliphatic hydroxyl groups excluding tert-OH is 1. The summed E-state index contributed by atoms with van der Waals surface area (Å²) in [7, 11) is 0. The molecule has 1 rings (SSSR count). The maximum Gasteiger partial charge on any atom is 0.320 e. The van der Waals surface area contributed by atoms with Gasteiger partial charge in [-0.1, -0.05) is 6.92 Å². The predicted octanol–water partition coefficient (Wildman–Crippen LogP) is -0.119. The molecule has 0 aromatic carbocycles. The average Bonchev–Trinajstić information content (AvgIpc) is 2.21. The van der Waals surface area contributed by atoms with Gasteiger partial charge in [0.2, 0.25) is 0 Å². The van der Waals surface area contributed by atoms with Crippen molar-refractivity contribution >= 4 is 18.4 Å². The van der Waals surface area contributed by atoms with Crippen LogP contribution < -0.4 is 0 Å². The first-order valence-corrected chi connectivity index (χ1v) is 5.49. The fourth-order valence-electron chi connectivity index (χ4n) is 2.03. The number of carbonyl (C=O) groups is 1. The summed E-state index contributed by atoms with van der Waals surface area (Å²) in [6, 6.07) is -0.346. The summed E-state index contributed by atoms with van der Waals surface area (Å²) in [6.45, 7) is 6.04. The van der Waals surface area contributed by atoms with E-state index in [1.165, 1.54) is 0 Å². The lowest BCUT2D eigenvalue weighted by atomic mass is 10.1. The van der Waals surface area contributed by atoms with Crippen molar-refractivity contribution in [2.24, 2.45) is 0 Å². The lowest BCUT2D eigenvalue weighted by molar-refractivity contribution is -0.144. The molecule has 6 heteroatoms. The van der Waals surface area contributed by atoms with Crippen LogP contribution >= 0.6 is 12.4 Å². The first-order chi connectivity index (χ1) is 7.19. The molecular formula is C10H21ClN2O3. The summed E-state index contributed by atoms with van der Waals surface area (Å²) in [5.41, 5.74) is 0. The fourth-order valence-corrected chi connectivity index (χ4v) is 2.03. The first kappa shape index (κ1) is 15.6. The molecule has 1 aliphatic rings. The number of aliphatic carboxylic acids is 1. The molecule has 0 spiro atoms. The lowest BCUT2D eigenvalue weighted by Crippen LogP contribution is -2.52. The van der Waals surface area contributed by atoms with Gasteiger partial charge >= 0.3 is 5.97 Å². The van der Waals surface area contributed by atoms with Crippen LogP contribution in [0.4, 0.5) is 0 Å². The van der Waals surface area contributed by atoms with Gasteiger partial charge in [0, 0.05) is 32.7 Å². The second-order valence-electron chi connectivity index (χ2n) is 3.86. The highest BCUT2D eigenvalue weighted by Gasteiger charge is 2.26. The Morgan fingerprint density at radius 3 is 2.25 bits per heavy atom. The minimum Gasteiger partial charge on any atom is -0.480 e. The molecule has 2 N–H and O–H groups in total. The molecule has 1 atom stereocenters. The van der Waals surface area contributed by atoms with E-state index < -0.39 is 5.97 Å². The van der Waals surface area contributed by atoms with E-state index in [2.05, 4.69) is 4.90 Å². The van der Waals surface area contributed by atoms with Crippen LogP contribution in [0.1, 0.15) is 13.3 Å². The fraction of sp³-hybridized carbons (Fsp3) is 0.900. The number of carboxylic acid groups (broad SMARTS) is 1. The highest BCUT2D eigenvalue weighted by atomic mass is 35.5. The van der Waals surface area contributed by atoms with Crippen molar-refractivity contribution in [2.45, 2.75) is 19.4 Å². The molecule has 16 heavy (non-hydrogen) atoms. The van der Waals surface area contributed by atoms with Crippen molar-refractivity contribution in [2.75, 3.05) is 39.3 Å². The minimum absolute atomic E-state index is 0. The molecule has 0 aromatic heterocycles. The van der Waals surface area contributed by atoms with E-state index in [0.717, 1.165) is 26.2 Å². The predicted molar refractivity (Wildman–Crippen MR) is 64.1 cm³/mol. The van der Waals surface area contributed by atoms with E-state index in [0.29, 0.717) is 13.0 Å². The number of carboxylic acids is 1. The van der Waals surface area contributed by atoms with E-state index >= 15 is 0 Å². The third-order valence-electron chi connectivity index (χ3n) is 2.94. The maximum atomic E-state index is 10.9. The molecule has 1 heterocycles. The van der Waals surface area contributed by atoms with Crippen LogP contribution in [0, 0.1) is 0 Å². The van der Waals surface area contributed by atoms with Gasteiger partial charge < -0.3 is 10.2 Å². The summed E-state index contributed by atoms with van der Waals surface area (Å²) in [5.74, 6) is -0.729. The van der Waals surface area contributed by atoms with Gasteiger partial charge in [-0.3, -0.25) is 14.6 Å². The number of aliphatic hydroxyl groups is 1. The van der Waals surface area contributed by atoms with E-state index in [4.69, 9.17) is 10.2 Å². The number of piperazine rings is 1. The van der Waals surface area contributed by atoms with Gasteiger partial charge in [0.05, 0.1) is 6.61 Å². The van der Waals surface area contributed by atoms with E-state index in [9.17, 15) is 4.79 Å². The van der Waals surface area contributed by atoms with E-state index in [1.807, 2.05) is 11.8 Å². The molecule has 0 bridgehead atoms. The smallest absolute Gasteiger partial charge is 0.320 e. The highest BCUT2D eigenvalue weighted by Crippen LogP contribution is 2.09. The Kier molecular flexibility index (Phi) is 7.66. The number of β-amino-alcohol motifs (C(OH)–C–C–N with tert-alkyl or cyclic N) is 1. The highest BCUT2D eigenvalue weighted by molar-refractivity contribution is 5.85. The molecule has 0 saturated carbocycles. The van der Waals surface area contributed by atoms with Gasteiger partial charge in [0.25, 0.3) is 0 Å². The summed E-state index contributed by atoms with van der Waals surface area (Å²) < 4.78 is 0. The molecule has 0 aromatic rings. The van der Waals surface area contributed by atoms with Crippen LogP contribution in [0.15, 0.2) is 0 Å². The van der Waals surface area contributed by atoms with E-state index in [1.54, 1.807) is 0 Å². The van der Waals surface area contributed by atoms with Crippen LogP contribution in [0.5, 0.6) is 0 Å². The molecule has 0 amide bonds. The van der Waals surface area contributed by atoms with Crippen LogP contribution in [0.3, 0.4) is 0 Å². The largest absolute Gasteiger partial charge is 0.480 e. The van der Waals surface area contributed by atoms with Crippen LogP contribution in [0.2, 0.25) is 0 Å². The average molecular weight is 253 g/mol. The van der Waals surface area contributed by atoms with Crippen molar-refractivity contribution in [3.8, 4) is 0 Å². The summed E-state index contributed by atoms with van der Waals surface area (Å²) >= 11 is 0. The number of hydrogen-bond acceptors (Lipinski definition) is 4. The van der Waals surface area contributed by atoms with Crippen molar-refractivity contribution in [1.82, 2.24) is 9.80 Å². The quantitative estimate of drug-likeness (QED) is 0.715. The molecule has 0 aliphatic carbocycles. The van der Waals surface area contributed by atoms with Gasteiger partial charge in [-0.25, -0.2) is 0 Å². The summed E-state index contributed by atoms with van der Waals surface area (Å²) in [4.78, 5) is 15.1. The Morgan fingerprint density at radius 1 is 1.31 bits per heavy atom. The SMILES string of the molecule is CCC(C(=O)O)N1CCN(CCO)CC1.Cl. The van der Waals surface area contributed by atoms with E-state index in [-0.39, 0.29) is 25.1 Å². The van der Waals surface area contributed by atoms with Crippen LogP contribution in [-0.4, -0.2) is 71.4 Å². The van der Waals surface area contributed by atoms with Gasteiger partial charge in [0.1, 0.15) is 6.04 Å². The molecule has 96 valence electrons. The topological polar surface area (TPSA) is 64.0 Å². The zero-order valence-electron chi connectivity index (χ0n) is 9.63. The van der Waals surface area contributed by atoms with Crippen molar-refractivity contribution < 1.29 is 15.0 Å². The number of hydrogen-bond donors (Lipinski definition) is 2. The van der Waals surface area contributed by atoms with Crippen molar-refractivity contribution in [3.63, 3.8) is 0 Å². The molecule has 0 radical (unpaired) electrons. The van der Waals surface area contributed by atoms with Crippen molar-refractivity contribution in [1.29, 1.82) is 0 Å². The normalized spacial score (nSPS) is 20.1. The molecule has 1 saturated heterocycles. The zero-order valence-corrected chi connectivity index (χ0v) is 10.4. The monoisotopic (exact) mass is 252 g/mol. The standard InChI is InChI=1S/C10H20N2O3.ClH/c1-2-9(10(14)15)12-5-3-11(4-6-12)7-8-13;/h9,13H,2-8H2,1H3,(H,14,15);1H. The Morgan fingerprint density at radius 2 is 1.88 bits per heavy atom. The third-order valence-corrected chi connectivity index (χ3v) is 2.94. The second-order valence-corrected chi connectivity index (χ2v) is 3.86. The Hall–Kier alpha value is -0.360. The van der Waals surface area contributed by atoms with Gasteiger partial charge in [0.15, 0.2) is 0 Å². The first-order valence-electron chi connectivity index (χ1n) is 5.49. The van der Waals surface area contributed by atoms with Crippen LogP contribution in [-0.2, 0) is 4.79 Å². The van der Waals surface area contributed by atoms with Crippen molar-refractivity contribution in [3.05, 3.63) is 0 Å². The van der Waals surface area contributed by atoms with Gasteiger partial charge in [-0.2, -0.15) is 0 Å². The maximum absolute atomic E-state index is 10.9. The molecule has 1 aliphatic heterocycles. The number of rotatable bonds is 5. The molecular weight excluding hydrogens is 232 g/mol.